The molecular weight excluding hydrogens is 226 g/mol. The van der Waals surface area contributed by atoms with E-state index in [2.05, 4.69) is 38.1 Å². The molecule has 2 rings (SSSR count). The molecule has 0 spiro atoms. The molecule has 0 saturated heterocycles. The number of thioether (sulfide) groups is 1. The highest BCUT2D eigenvalue weighted by atomic mass is 32.2. The Morgan fingerprint density at radius 1 is 1.41 bits per heavy atom. The van der Waals surface area contributed by atoms with Crippen molar-refractivity contribution < 1.29 is 0 Å². The molecular formula is C15H23NS. The van der Waals surface area contributed by atoms with Crippen molar-refractivity contribution >= 4 is 11.8 Å². The summed E-state index contributed by atoms with van der Waals surface area (Å²) in [6, 6.07) is 8.85. The summed E-state index contributed by atoms with van der Waals surface area (Å²) in [6.45, 7) is 5.41. The van der Waals surface area contributed by atoms with Crippen LogP contribution in [0.25, 0.3) is 0 Å². The zero-order valence-corrected chi connectivity index (χ0v) is 11.7. The first-order valence-electron chi connectivity index (χ1n) is 6.60. The van der Waals surface area contributed by atoms with Crippen LogP contribution in [0.2, 0.25) is 0 Å². The molecule has 17 heavy (non-hydrogen) atoms. The Kier molecular flexibility index (Phi) is 4.16. The molecule has 1 heterocycles. The van der Waals surface area contributed by atoms with Gasteiger partial charge in [-0.3, -0.25) is 0 Å². The molecule has 0 saturated carbocycles. The van der Waals surface area contributed by atoms with E-state index in [1.807, 2.05) is 11.8 Å². The molecule has 94 valence electrons. The Hall–Kier alpha value is -0.470. The van der Waals surface area contributed by atoms with Crippen LogP contribution in [0.5, 0.6) is 0 Å². The molecule has 2 atom stereocenters. The van der Waals surface area contributed by atoms with Crippen LogP contribution in [-0.4, -0.2) is 12.3 Å². The van der Waals surface area contributed by atoms with Crippen LogP contribution in [0.4, 0.5) is 0 Å². The lowest BCUT2D eigenvalue weighted by Gasteiger charge is -2.30. The van der Waals surface area contributed by atoms with Gasteiger partial charge >= 0.3 is 0 Å². The van der Waals surface area contributed by atoms with E-state index >= 15 is 0 Å². The predicted molar refractivity (Wildman–Crippen MR) is 76.6 cm³/mol. The molecule has 0 fully saturated rings. The fourth-order valence-corrected chi connectivity index (χ4v) is 4.14. The summed E-state index contributed by atoms with van der Waals surface area (Å²) >= 11 is 2.00. The molecule has 0 amide bonds. The molecule has 0 aliphatic carbocycles. The van der Waals surface area contributed by atoms with Gasteiger partial charge in [-0.25, -0.2) is 0 Å². The first-order valence-corrected chi connectivity index (χ1v) is 7.59. The van der Waals surface area contributed by atoms with Gasteiger partial charge in [-0.2, -0.15) is 0 Å². The van der Waals surface area contributed by atoms with E-state index in [4.69, 9.17) is 5.73 Å². The van der Waals surface area contributed by atoms with Crippen LogP contribution in [0.1, 0.15) is 44.6 Å². The second kappa shape index (κ2) is 5.45. The summed E-state index contributed by atoms with van der Waals surface area (Å²) in [5.74, 6) is 1.94. The van der Waals surface area contributed by atoms with E-state index in [0.29, 0.717) is 11.3 Å². The molecule has 2 N–H and O–H groups in total. The average molecular weight is 249 g/mol. The van der Waals surface area contributed by atoms with Gasteiger partial charge in [0.05, 0.1) is 0 Å². The lowest BCUT2D eigenvalue weighted by molar-refractivity contribution is 0.263. The maximum absolute atomic E-state index is 5.98. The summed E-state index contributed by atoms with van der Waals surface area (Å²) in [6.07, 6.45) is 3.71. The summed E-state index contributed by atoms with van der Waals surface area (Å²) in [5, 5.41) is 0. The number of nitrogens with two attached hydrogens (primary N) is 1. The third-order valence-corrected chi connectivity index (χ3v) is 5.14. The summed E-state index contributed by atoms with van der Waals surface area (Å²) in [5.41, 5.74) is 7.85. The highest BCUT2D eigenvalue weighted by Crippen LogP contribution is 2.45. The Balaban J connectivity index is 2.10. The second-order valence-electron chi connectivity index (χ2n) is 5.51. The molecule has 2 unspecified atom stereocenters. The lowest BCUT2D eigenvalue weighted by Crippen LogP contribution is -2.29. The first-order chi connectivity index (χ1) is 8.18. The van der Waals surface area contributed by atoms with E-state index in [9.17, 15) is 0 Å². The van der Waals surface area contributed by atoms with Crippen molar-refractivity contribution in [2.75, 3.05) is 12.3 Å². The highest BCUT2D eigenvalue weighted by Gasteiger charge is 2.30. The zero-order valence-electron chi connectivity index (χ0n) is 10.9. The number of hydrogen-bond acceptors (Lipinski definition) is 2. The topological polar surface area (TPSA) is 26.0 Å². The van der Waals surface area contributed by atoms with Crippen LogP contribution in [0.3, 0.4) is 0 Å². The quantitative estimate of drug-likeness (QED) is 0.852. The minimum atomic E-state index is 0.317. The number of hydrogen-bond donors (Lipinski definition) is 1. The van der Waals surface area contributed by atoms with E-state index in [1.165, 1.54) is 29.9 Å². The van der Waals surface area contributed by atoms with Gasteiger partial charge in [0, 0.05) is 10.6 Å². The minimum absolute atomic E-state index is 0.317. The van der Waals surface area contributed by atoms with Gasteiger partial charge in [0.15, 0.2) is 0 Å². The van der Waals surface area contributed by atoms with Gasteiger partial charge in [-0.05, 0) is 42.3 Å². The largest absolute Gasteiger partial charge is 0.330 e. The normalized spacial score (nSPS) is 22.2. The van der Waals surface area contributed by atoms with Crippen molar-refractivity contribution in [2.24, 2.45) is 11.1 Å². The van der Waals surface area contributed by atoms with E-state index in [0.717, 1.165) is 6.54 Å². The molecule has 1 nitrogen and oxygen atoms in total. The monoisotopic (exact) mass is 249 g/mol. The van der Waals surface area contributed by atoms with E-state index in [1.54, 1.807) is 5.56 Å². The van der Waals surface area contributed by atoms with E-state index < -0.39 is 0 Å². The molecule has 1 aromatic carbocycles. The minimum Gasteiger partial charge on any atom is -0.330 e. The van der Waals surface area contributed by atoms with Gasteiger partial charge < -0.3 is 5.73 Å². The van der Waals surface area contributed by atoms with Gasteiger partial charge in [-0.1, -0.05) is 38.5 Å². The Morgan fingerprint density at radius 2 is 2.18 bits per heavy atom. The smallest absolute Gasteiger partial charge is 0.0107 e. The van der Waals surface area contributed by atoms with Crippen molar-refractivity contribution in [3.63, 3.8) is 0 Å². The summed E-state index contributed by atoms with van der Waals surface area (Å²) in [4.78, 5) is 1.48. The average Bonchev–Trinajstić information content (AvgIpc) is 2.73. The van der Waals surface area contributed by atoms with Crippen LogP contribution >= 0.6 is 11.8 Å². The van der Waals surface area contributed by atoms with Crippen LogP contribution < -0.4 is 5.73 Å². The van der Waals surface area contributed by atoms with Crippen molar-refractivity contribution in [3.8, 4) is 0 Å². The standard InChI is InChI=1S/C15H23NS/c1-3-8-15(2,11-16)9-12-10-17-14-7-5-4-6-13(12)14/h4-7,12H,3,8-11,16H2,1-2H3. The fraction of sp³-hybridized carbons (Fsp3) is 0.600. The molecule has 0 bridgehead atoms. The summed E-state index contributed by atoms with van der Waals surface area (Å²) < 4.78 is 0. The van der Waals surface area contributed by atoms with Crippen molar-refractivity contribution in [2.45, 2.75) is 43.9 Å². The highest BCUT2D eigenvalue weighted by molar-refractivity contribution is 7.99. The van der Waals surface area contributed by atoms with Gasteiger partial charge in [0.2, 0.25) is 0 Å². The van der Waals surface area contributed by atoms with E-state index in [-0.39, 0.29) is 0 Å². The Labute approximate surface area is 109 Å². The van der Waals surface area contributed by atoms with Crippen molar-refractivity contribution in [1.82, 2.24) is 0 Å². The molecule has 0 aromatic heterocycles. The molecule has 1 aliphatic heterocycles. The van der Waals surface area contributed by atoms with Crippen LogP contribution in [0, 0.1) is 5.41 Å². The van der Waals surface area contributed by atoms with Gasteiger partial charge in [-0.15, -0.1) is 11.8 Å². The Bertz CT molecular complexity index is 377. The summed E-state index contributed by atoms with van der Waals surface area (Å²) in [7, 11) is 0. The molecule has 1 aliphatic rings. The lowest BCUT2D eigenvalue weighted by atomic mass is 9.76. The second-order valence-corrected chi connectivity index (χ2v) is 6.58. The third kappa shape index (κ3) is 2.86. The van der Waals surface area contributed by atoms with Gasteiger partial charge in [0.1, 0.15) is 0 Å². The molecule has 0 radical (unpaired) electrons. The van der Waals surface area contributed by atoms with Gasteiger partial charge in [0.25, 0.3) is 0 Å². The van der Waals surface area contributed by atoms with Crippen molar-refractivity contribution in [3.05, 3.63) is 29.8 Å². The SMILES string of the molecule is CCCC(C)(CN)CC1CSc2ccccc21. The first kappa shape index (κ1) is 13.0. The maximum Gasteiger partial charge on any atom is 0.0107 e. The molecule has 1 aromatic rings. The fourth-order valence-electron chi connectivity index (χ4n) is 2.88. The zero-order chi connectivity index (χ0) is 12.3. The van der Waals surface area contributed by atoms with Crippen LogP contribution in [0.15, 0.2) is 29.2 Å². The number of fused-ring (bicyclic) bond motifs is 1. The predicted octanol–water partition coefficient (Wildman–Crippen LogP) is 4.03. The number of benzene rings is 1. The van der Waals surface area contributed by atoms with Crippen molar-refractivity contribution in [1.29, 1.82) is 0 Å². The Morgan fingerprint density at radius 3 is 2.88 bits per heavy atom. The maximum atomic E-state index is 5.98. The third-order valence-electron chi connectivity index (χ3n) is 3.88. The molecule has 2 heteroatoms. The van der Waals surface area contributed by atoms with Crippen LogP contribution in [-0.2, 0) is 0 Å². The number of rotatable bonds is 5.